The summed E-state index contributed by atoms with van der Waals surface area (Å²) in [4.78, 5) is 6.24. The summed E-state index contributed by atoms with van der Waals surface area (Å²) >= 11 is 1.86. The maximum Gasteiger partial charge on any atom is 0.0965 e. The number of hydrogen-bond donors (Lipinski definition) is 1. The number of amidine groups is 1. The topological polar surface area (TPSA) is 24.4 Å². The van der Waals surface area contributed by atoms with Gasteiger partial charge >= 0.3 is 0 Å². The Balaban J connectivity index is 0.00000200. The van der Waals surface area contributed by atoms with Gasteiger partial charge in [0.2, 0.25) is 0 Å². The van der Waals surface area contributed by atoms with Crippen LogP contribution in [0.2, 0.25) is 0 Å². The summed E-state index contributed by atoms with van der Waals surface area (Å²) in [5.41, 5.74) is 0. The van der Waals surface area contributed by atoms with Crippen molar-refractivity contribution in [3.05, 3.63) is 22.4 Å². The normalized spacial score (nSPS) is 17.9. The molecule has 0 fully saturated rings. The molecular weight excluding hydrogens is 288 g/mol. The van der Waals surface area contributed by atoms with Crippen molar-refractivity contribution in [1.29, 1.82) is 0 Å². The number of nitrogens with one attached hydrogen (secondary N) is 1. The molecule has 1 N–H and O–H groups in total. The molecule has 1 aliphatic heterocycles. The third-order valence-electron chi connectivity index (χ3n) is 3.77. The van der Waals surface area contributed by atoms with Gasteiger partial charge in [-0.1, -0.05) is 32.3 Å². The van der Waals surface area contributed by atoms with Crippen molar-refractivity contribution in [2.24, 2.45) is 4.99 Å². The Morgan fingerprint density at radius 1 is 1.25 bits per heavy atom. The van der Waals surface area contributed by atoms with Crippen molar-refractivity contribution in [2.45, 2.75) is 64.3 Å². The smallest absolute Gasteiger partial charge is 0.0965 e. The van der Waals surface area contributed by atoms with Crippen molar-refractivity contribution < 1.29 is 0 Å². The highest BCUT2D eigenvalue weighted by molar-refractivity contribution is 7.09. The first-order valence-electron chi connectivity index (χ1n) is 7.70. The Hall–Kier alpha value is -0.540. The molecule has 0 spiro atoms. The summed E-state index contributed by atoms with van der Waals surface area (Å²) in [7, 11) is 0. The van der Waals surface area contributed by atoms with Crippen LogP contribution < -0.4 is 5.32 Å². The first-order valence-corrected chi connectivity index (χ1v) is 8.58. The average molecular weight is 315 g/mol. The second kappa shape index (κ2) is 10.2. The van der Waals surface area contributed by atoms with Crippen LogP contribution in [0.5, 0.6) is 0 Å². The Bertz CT molecular complexity index is 376. The molecule has 0 amide bonds. The van der Waals surface area contributed by atoms with Crippen LogP contribution >= 0.6 is 23.7 Å². The summed E-state index contributed by atoms with van der Waals surface area (Å²) in [5, 5.41) is 5.86. The Labute approximate surface area is 133 Å². The summed E-state index contributed by atoms with van der Waals surface area (Å²) in [6.07, 6.45) is 10.1. The number of rotatable bonds is 4. The number of hydrogen-bond acceptors (Lipinski definition) is 3. The first-order chi connectivity index (χ1) is 9.38. The van der Waals surface area contributed by atoms with E-state index >= 15 is 0 Å². The molecule has 0 bridgehead atoms. The fraction of sp³-hybridized carbons (Fsp3) is 0.688. The molecule has 20 heavy (non-hydrogen) atoms. The molecule has 1 aliphatic rings. The highest BCUT2D eigenvalue weighted by atomic mass is 35.5. The maximum atomic E-state index is 4.77. The van der Waals surface area contributed by atoms with Gasteiger partial charge in [0, 0.05) is 30.3 Å². The zero-order chi connectivity index (χ0) is 13.3. The monoisotopic (exact) mass is 314 g/mol. The zero-order valence-electron chi connectivity index (χ0n) is 12.4. The SMILES string of the molecule is CCC(Cc1cccs1)NC1=NCCCCCCC1.Cl. The van der Waals surface area contributed by atoms with E-state index < -0.39 is 0 Å². The van der Waals surface area contributed by atoms with Crippen molar-refractivity contribution in [2.75, 3.05) is 6.54 Å². The molecule has 0 aliphatic carbocycles. The number of halogens is 1. The first kappa shape index (κ1) is 17.5. The van der Waals surface area contributed by atoms with Gasteiger partial charge in [-0.2, -0.15) is 0 Å². The lowest BCUT2D eigenvalue weighted by Gasteiger charge is -2.19. The molecule has 0 saturated heterocycles. The molecule has 4 heteroatoms. The molecule has 1 aromatic rings. The van der Waals surface area contributed by atoms with Crippen LogP contribution in [0.1, 0.15) is 56.7 Å². The van der Waals surface area contributed by atoms with E-state index in [1.807, 2.05) is 11.3 Å². The van der Waals surface area contributed by atoms with Gasteiger partial charge in [-0.25, -0.2) is 0 Å². The number of thiophene rings is 1. The van der Waals surface area contributed by atoms with Crippen LogP contribution in [0.15, 0.2) is 22.5 Å². The van der Waals surface area contributed by atoms with Gasteiger partial charge in [0.15, 0.2) is 0 Å². The van der Waals surface area contributed by atoms with Crippen molar-refractivity contribution in [1.82, 2.24) is 5.32 Å². The zero-order valence-corrected chi connectivity index (χ0v) is 14.1. The van der Waals surface area contributed by atoms with Crippen LogP contribution in [0.3, 0.4) is 0 Å². The van der Waals surface area contributed by atoms with E-state index in [-0.39, 0.29) is 12.4 Å². The second-order valence-electron chi connectivity index (χ2n) is 5.38. The van der Waals surface area contributed by atoms with E-state index in [4.69, 9.17) is 4.99 Å². The standard InChI is InChI=1S/C16H26N2S.ClH/c1-2-14(13-15-9-8-12-19-15)18-16-10-6-4-3-5-7-11-17-16;/h8-9,12,14H,2-7,10-11,13H2,1H3,(H,17,18);1H. The molecule has 114 valence electrons. The Kier molecular flexibility index (Phi) is 8.95. The van der Waals surface area contributed by atoms with Gasteiger partial charge in [-0.3, -0.25) is 4.99 Å². The fourth-order valence-corrected chi connectivity index (χ4v) is 3.34. The predicted octanol–water partition coefficient (Wildman–Crippen LogP) is 4.83. The highest BCUT2D eigenvalue weighted by Gasteiger charge is 2.11. The molecule has 0 saturated carbocycles. The second-order valence-corrected chi connectivity index (χ2v) is 6.41. The molecule has 2 nitrogen and oxygen atoms in total. The molecule has 2 rings (SSSR count). The van der Waals surface area contributed by atoms with E-state index in [9.17, 15) is 0 Å². The lowest BCUT2D eigenvalue weighted by Crippen LogP contribution is -2.36. The lowest BCUT2D eigenvalue weighted by molar-refractivity contribution is 0.578. The lowest BCUT2D eigenvalue weighted by atomic mass is 10.1. The van der Waals surface area contributed by atoms with Crippen molar-refractivity contribution >= 4 is 29.6 Å². The van der Waals surface area contributed by atoms with Gasteiger partial charge in [-0.05, 0) is 30.7 Å². The molecule has 1 aromatic heterocycles. The molecular formula is C16H27ClN2S. The van der Waals surface area contributed by atoms with Crippen LogP contribution in [0.25, 0.3) is 0 Å². The van der Waals surface area contributed by atoms with E-state index in [1.165, 1.54) is 42.8 Å². The minimum absolute atomic E-state index is 0. The van der Waals surface area contributed by atoms with Crippen LogP contribution in [0, 0.1) is 0 Å². The minimum atomic E-state index is 0. The molecule has 1 unspecified atom stereocenters. The van der Waals surface area contributed by atoms with Gasteiger partial charge in [0.1, 0.15) is 0 Å². The molecule has 0 aromatic carbocycles. The van der Waals surface area contributed by atoms with Crippen LogP contribution in [-0.2, 0) is 6.42 Å². The molecule has 0 radical (unpaired) electrons. The van der Waals surface area contributed by atoms with E-state index in [0.717, 1.165) is 25.8 Å². The van der Waals surface area contributed by atoms with Gasteiger partial charge < -0.3 is 5.32 Å². The summed E-state index contributed by atoms with van der Waals surface area (Å²) < 4.78 is 0. The van der Waals surface area contributed by atoms with Crippen molar-refractivity contribution in [3.63, 3.8) is 0 Å². The quantitative estimate of drug-likeness (QED) is 0.845. The summed E-state index contributed by atoms with van der Waals surface area (Å²) in [5.74, 6) is 1.25. The Morgan fingerprint density at radius 3 is 2.80 bits per heavy atom. The van der Waals surface area contributed by atoms with Crippen LogP contribution in [-0.4, -0.2) is 18.4 Å². The van der Waals surface area contributed by atoms with Gasteiger partial charge in [0.05, 0.1) is 5.84 Å². The highest BCUT2D eigenvalue weighted by Crippen LogP contribution is 2.14. The number of aliphatic imine (C=N–C) groups is 1. The maximum absolute atomic E-state index is 4.77. The number of nitrogens with zero attached hydrogens (tertiary/aromatic N) is 1. The largest absolute Gasteiger partial charge is 0.371 e. The van der Waals surface area contributed by atoms with Crippen LogP contribution in [0.4, 0.5) is 0 Å². The van der Waals surface area contributed by atoms with E-state index in [0.29, 0.717) is 6.04 Å². The van der Waals surface area contributed by atoms with E-state index in [2.05, 4.69) is 29.8 Å². The van der Waals surface area contributed by atoms with E-state index in [1.54, 1.807) is 0 Å². The average Bonchev–Trinajstić information content (AvgIpc) is 2.95. The van der Waals surface area contributed by atoms with Crippen molar-refractivity contribution in [3.8, 4) is 0 Å². The summed E-state index contributed by atoms with van der Waals surface area (Å²) in [6, 6.07) is 4.92. The van der Waals surface area contributed by atoms with Gasteiger partial charge in [-0.15, -0.1) is 23.7 Å². The fourth-order valence-electron chi connectivity index (χ4n) is 2.55. The minimum Gasteiger partial charge on any atom is -0.371 e. The Morgan fingerprint density at radius 2 is 2.05 bits per heavy atom. The van der Waals surface area contributed by atoms with Gasteiger partial charge in [0.25, 0.3) is 0 Å². The molecule has 2 heterocycles. The molecule has 1 atom stereocenters. The third kappa shape index (κ3) is 6.27. The summed E-state index contributed by atoms with van der Waals surface area (Å²) in [6.45, 7) is 3.28. The predicted molar refractivity (Wildman–Crippen MR) is 92.5 cm³/mol. The third-order valence-corrected chi connectivity index (χ3v) is 4.66.